The van der Waals surface area contributed by atoms with Gasteiger partial charge < -0.3 is 15.7 Å². The number of nitrogens with one attached hydrogen (secondary N) is 1. The van der Waals surface area contributed by atoms with E-state index >= 15 is 0 Å². The summed E-state index contributed by atoms with van der Waals surface area (Å²) in [7, 11) is -2.35. The highest BCUT2D eigenvalue weighted by molar-refractivity contribution is 7.92. The Hall–Kier alpha value is -1.87. The number of nitrogens with zero attached hydrogens (tertiary/aromatic N) is 1. The number of hydrogen-bond donors (Lipinski definition) is 3. The summed E-state index contributed by atoms with van der Waals surface area (Å²) in [6.45, 7) is -0.0104. The van der Waals surface area contributed by atoms with Crippen molar-refractivity contribution in [1.82, 2.24) is 0 Å². The van der Waals surface area contributed by atoms with Gasteiger partial charge in [-0.05, 0) is 12.1 Å². The number of sulfonamides is 1. The van der Waals surface area contributed by atoms with Gasteiger partial charge in [0.2, 0.25) is 10.0 Å². The molecule has 19 heavy (non-hydrogen) atoms. The molecule has 0 saturated carbocycles. The molecule has 7 nitrogen and oxygen atoms in total. The molecule has 0 spiro atoms. The van der Waals surface area contributed by atoms with Gasteiger partial charge in [0.15, 0.2) is 5.84 Å². The number of hydrogen-bond acceptors (Lipinski definition) is 5. The highest BCUT2D eigenvalue weighted by Gasteiger charge is 2.17. The summed E-state index contributed by atoms with van der Waals surface area (Å²) < 4.78 is 43.8. The Kier molecular flexibility index (Phi) is 5.07. The first-order valence-corrected chi connectivity index (χ1v) is 6.82. The van der Waals surface area contributed by atoms with Crippen LogP contribution >= 0.6 is 0 Å². The topological polar surface area (TPSA) is 114 Å². The van der Waals surface area contributed by atoms with E-state index < -0.39 is 21.7 Å². The molecule has 4 N–H and O–H groups in total. The second-order valence-electron chi connectivity index (χ2n) is 3.56. The number of rotatable bonds is 6. The number of nitrogens with two attached hydrogens (primary N) is 1. The van der Waals surface area contributed by atoms with Gasteiger partial charge in [-0.15, -0.1) is 0 Å². The first-order valence-electron chi connectivity index (χ1n) is 5.17. The van der Waals surface area contributed by atoms with Crippen LogP contribution in [0.25, 0.3) is 0 Å². The lowest BCUT2D eigenvalue weighted by Gasteiger charge is -2.12. The monoisotopic (exact) mass is 291 g/mol. The smallest absolute Gasteiger partial charge is 0.235 e. The van der Waals surface area contributed by atoms with Crippen molar-refractivity contribution in [2.75, 3.05) is 24.2 Å². The van der Waals surface area contributed by atoms with Gasteiger partial charge in [-0.2, -0.15) is 0 Å². The van der Waals surface area contributed by atoms with Gasteiger partial charge in [-0.3, -0.25) is 4.72 Å². The third kappa shape index (κ3) is 4.07. The lowest BCUT2D eigenvalue weighted by atomic mass is 10.1. The molecule has 0 aliphatic rings. The highest BCUT2D eigenvalue weighted by Crippen LogP contribution is 2.20. The van der Waals surface area contributed by atoms with Gasteiger partial charge in [0.05, 0.1) is 23.6 Å². The maximum absolute atomic E-state index is 13.6. The molecule has 106 valence electrons. The largest absolute Gasteiger partial charge is 0.409 e. The minimum atomic E-state index is -3.71. The van der Waals surface area contributed by atoms with E-state index in [1.807, 2.05) is 0 Å². The molecule has 0 atom stereocenters. The fraction of sp³-hybridized carbons (Fsp3) is 0.300. The van der Waals surface area contributed by atoms with Crippen LogP contribution in [-0.4, -0.2) is 38.9 Å². The van der Waals surface area contributed by atoms with Gasteiger partial charge in [-0.25, -0.2) is 12.8 Å². The number of oxime groups is 1. The number of ether oxygens (including phenoxy) is 1. The van der Waals surface area contributed by atoms with E-state index in [1.165, 1.54) is 19.2 Å². The van der Waals surface area contributed by atoms with Crippen molar-refractivity contribution in [3.05, 3.63) is 29.6 Å². The third-order valence-corrected chi connectivity index (χ3v) is 3.43. The molecule has 0 aliphatic heterocycles. The molecule has 0 fully saturated rings. The van der Waals surface area contributed by atoms with Gasteiger partial charge >= 0.3 is 0 Å². The van der Waals surface area contributed by atoms with E-state index in [9.17, 15) is 12.8 Å². The van der Waals surface area contributed by atoms with Crippen molar-refractivity contribution in [2.45, 2.75) is 0 Å². The normalized spacial score (nSPS) is 12.4. The average molecular weight is 291 g/mol. The predicted octanol–water partition coefficient (Wildman–Crippen LogP) is 0.308. The molecule has 0 radical (unpaired) electrons. The molecule has 0 saturated heterocycles. The number of halogens is 1. The van der Waals surface area contributed by atoms with E-state index in [2.05, 4.69) is 14.6 Å². The third-order valence-electron chi connectivity index (χ3n) is 2.20. The van der Waals surface area contributed by atoms with Crippen LogP contribution in [-0.2, 0) is 14.8 Å². The number of methoxy groups -OCH3 is 1. The zero-order valence-electron chi connectivity index (χ0n) is 10.1. The summed E-state index contributed by atoms with van der Waals surface area (Å²) in [5.41, 5.74) is 4.90. The van der Waals surface area contributed by atoms with Crippen LogP contribution in [0.1, 0.15) is 5.56 Å². The molecule has 0 aromatic heterocycles. The lowest BCUT2D eigenvalue weighted by molar-refractivity contribution is 0.217. The fourth-order valence-electron chi connectivity index (χ4n) is 1.33. The molecule has 9 heteroatoms. The Morgan fingerprint density at radius 3 is 2.84 bits per heavy atom. The zero-order chi connectivity index (χ0) is 14.5. The van der Waals surface area contributed by atoms with Crippen LogP contribution in [0.4, 0.5) is 10.1 Å². The van der Waals surface area contributed by atoms with Crippen molar-refractivity contribution in [2.24, 2.45) is 10.9 Å². The van der Waals surface area contributed by atoms with Crippen molar-refractivity contribution in [1.29, 1.82) is 0 Å². The predicted molar refractivity (Wildman–Crippen MR) is 68.2 cm³/mol. The van der Waals surface area contributed by atoms with Crippen LogP contribution < -0.4 is 10.5 Å². The van der Waals surface area contributed by atoms with Crippen molar-refractivity contribution in [3.8, 4) is 0 Å². The van der Waals surface area contributed by atoms with Crippen LogP contribution in [0.5, 0.6) is 0 Å². The van der Waals surface area contributed by atoms with Crippen LogP contribution in [0, 0.1) is 5.82 Å². The standard InChI is InChI=1S/C10H14FN3O4S/c1-18-5-6-19(16,17)14-8-4-2-3-7(11)9(8)10(12)13-15/h2-4,14-15H,5-6H2,1H3,(H2,12,13). The van der Waals surface area contributed by atoms with Gasteiger partial charge in [0.1, 0.15) is 5.82 Å². The Bertz CT molecular complexity index is 574. The van der Waals surface area contributed by atoms with Crippen LogP contribution in [0.2, 0.25) is 0 Å². The molecule has 1 aromatic carbocycles. The molecule has 1 rings (SSSR count). The molecule has 0 amide bonds. The SMILES string of the molecule is COCCS(=O)(=O)Nc1cccc(F)c1/C(N)=N/O. The summed E-state index contributed by atoms with van der Waals surface area (Å²) in [6.07, 6.45) is 0. The van der Waals surface area contributed by atoms with Crippen LogP contribution in [0.3, 0.4) is 0 Å². The number of anilines is 1. The number of amidine groups is 1. The lowest BCUT2D eigenvalue weighted by Crippen LogP contribution is -2.23. The maximum Gasteiger partial charge on any atom is 0.235 e. The Morgan fingerprint density at radius 1 is 1.58 bits per heavy atom. The molecule has 0 aliphatic carbocycles. The van der Waals surface area contributed by atoms with E-state index in [1.54, 1.807) is 0 Å². The summed E-state index contributed by atoms with van der Waals surface area (Å²) >= 11 is 0. The van der Waals surface area contributed by atoms with E-state index in [-0.39, 0.29) is 23.6 Å². The molecule has 0 bridgehead atoms. The highest BCUT2D eigenvalue weighted by atomic mass is 32.2. The van der Waals surface area contributed by atoms with E-state index in [0.29, 0.717) is 0 Å². The van der Waals surface area contributed by atoms with Gasteiger partial charge in [0, 0.05) is 7.11 Å². The first-order chi connectivity index (χ1) is 8.91. The summed E-state index contributed by atoms with van der Waals surface area (Å²) in [5, 5.41) is 11.2. The second kappa shape index (κ2) is 6.34. The Morgan fingerprint density at radius 2 is 2.26 bits per heavy atom. The molecule has 1 aromatic rings. The van der Waals surface area contributed by atoms with Gasteiger partial charge in [-0.1, -0.05) is 11.2 Å². The van der Waals surface area contributed by atoms with Crippen LogP contribution in [0.15, 0.2) is 23.4 Å². The van der Waals surface area contributed by atoms with Crippen molar-refractivity contribution >= 4 is 21.5 Å². The first kappa shape index (κ1) is 15.2. The summed E-state index contributed by atoms with van der Waals surface area (Å²) in [6, 6.07) is 3.68. The fourth-order valence-corrected chi connectivity index (χ4v) is 2.32. The second-order valence-corrected chi connectivity index (χ2v) is 5.40. The van der Waals surface area contributed by atoms with E-state index in [4.69, 9.17) is 10.9 Å². The minimum Gasteiger partial charge on any atom is -0.409 e. The summed E-state index contributed by atoms with van der Waals surface area (Å²) in [4.78, 5) is 0. The quantitative estimate of drug-likeness (QED) is 0.302. The maximum atomic E-state index is 13.6. The molecular weight excluding hydrogens is 277 g/mol. The average Bonchev–Trinajstić information content (AvgIpc) is 2.35. The van der Waals surface area contributed by atoms with Crippen molar-refractivity contribution in [3.63, 3.8) is 0 Å². The zero-order valence-corrected chi connectivity index (χ0v) is 10.9. The van der Waals surface area contributed by atoms with Gasteiger partial charge in [0.25, 0.3) is 0 Å². The summed E-state index contributed by atoms with van der Waals surface area (Å²) in [5.74, 6) is -1.62. The Labute approximate surface area is 109 Å². The molecular formula is C10H14FN3O4S. The number of benzene rings is 1. The molecule has 0 unspecified atom stereocenters. The minimum absolute atomic E-state index is 0.0104. The molecule has 0 heterocycles. The Balaban J connectivity index is 3.12. The van der Waals surface area contributed by atoms with E-state index in [0.717, 1.165) is 6.07 Å². The van der Waals surface area contributed by atoms with Crippen molar-refractivity contribution < 1.29 is 22.8 Å².